The number of hydrogen-bond donors (Lipinski definition) is 2. The first-order chi connectivity index (χ1) is 7.63. The van der Waals surface area contributed by atoms with Gasteiger partial charge in [0, 0.05) is 17.7 Å². The number of hydrogen-bond acceptors (Lipinski definition) is 4. The number of nitrogens with one attached hydrogen (secondary N) is 1. The molecule has 16 heavy (non-hydrogen) atoms. The number of rotatable bonds is 6. The standard InChI is InChI=1S/C12H21NO3/c1-3-16-11(15)10(2)8-13-12(9-14)6-4-5-7-12/h13-14H,2-9H2,1H3. The summed E-state index contributed by atoms with van der Waals surface area (Å²) in [6.45, 7) is 6.32. The summed E-state index contributed by atoms with van der Waals surface area (Å²) in [7, 11) is 0. The Hall–Kier alpha value is -0.870. The van der Waals surface area contributed by atoms with E-state index in [-0.39, 0.29) is 18.1 Å². The third-order valence-electron chi connectivity index (χ3n) is 3.10. The summed E-state index contributed by atoms with van der Waals surface area (Å²) in [4.78, 5) is 11.3. The molecule has 1 aliphatic rings. The number of ether oxygens (including phenoxy) is 1. The predicted molar refractivity (Wildman–Crippen MR) is 62.1 cm³/mol. The molecule has 0 amide bonds. The quantitative estimate of drug-likeness (QED) is 0.525. The van der Waals surface area contributed by atoms with Crippen LogP contribution in [-0.4, -0.2) is 36.4 Å². The third-order valence-corrected chi connectivity index (χ3v) is 3.10. The number of carbonyl (C=O) groups is 1. The highest BCUT2D eigenvalue weighted by molar-refractivity contribution is 5.88. The second-order valence-corrected chi connectivity index (χ2v) is 4.32. The van der Waals surface area contributed by atoms with E-state index < -0.39 is 0 Å². The van der Waals surface area contributed by atoms with Gasteiger partial charge >= 0.3 is 5.97 Å². The van der Waals surface area contributed by atoms with Crippen LogP contribution in [0.4, 0.5) is 0 Å². The van der Waals surface area contributed by atoms with Gasteiger partial charge in [-0.2, -0.15) is 0 Å². The minimum atomic E-state index is -0.360. The summed E-state index contributed by atoms with van der Waals surface area (Å²) < 4.78 is 4.84. The Balaban J connectivity index is 2.38. The van der Waals surface area contributed by atoms with Gasteiger partial charge in [-0.15, -0.1) is 0 Å². The largest absolute Gasteiger partial charge is 0.463 e. The Labute approximate surface area is 96.7 Å². The lowest BCUT2D eigenvalue weighted by atomic mass is 9.98. The average molecular weight is 227 g/mol. The molecule has 1 aliphatic carbocycles. The van der Waals surface area contributed by atoms with Crippen molar-refractivity contribution >= 4 is 5.97 Å². The Bertz CT molecular complexity index is 257. The van der Waals surface area contributed by atoms with E-state index in [1.807, 2.05) is 0 Å². The first-order valence-electron chi connectivity index (χ1n) is 5.84. The van der Waals surface area contributed by atoms with E-state index in [4.69, 9.17) is 4.74 Å². The Morgan fingerprint density at radius 2 is 2.12 bits per heavy atom. The fourth-order valence-electron chi connectivity index (χ4n) is 2.04. The van der Waals surface area contributed by atoms with Crippen molar-refractivity contribution in [3.8, 4) is 0 Å². The number of esters is 1. The lowest BCUT2D eigenvalue weighted by molar-refractivity contribution is -0.138. The molecule has 2 N–H and O–H groups in total. The molecule has 1 rings (SSSR count). The van der Waals surface area contributed by atoms with Crippen LogP contribution in [0.15, 0.2) is 12.2 Å². The van der Waals surface area contributed by atoms with E-state index in [0.717, 1.165) is 25.7 Å². The minimum Gasteiger partial charge on any atom is -0.463 e. The summed E-state index contributed by atoms with van der Waals surface area (Å²) in [6.07, 6.45) is 4.16. The van der Waals surface area contributed by atoms with Crippen molar-refractivity contribution in [3.05, 3.63) is 12.2 Å². The van der Waals surface area contributed by atoms with E-state index in [0.29, 0.717) is 18.7 Å². The van der Waals surface area contributed by atoms with Gasteiger partial charge in [0.15, 0.2) is 0 Å². The van der Waals surface area contributed by atoms with Crippen LogP contribution in [-0.2, 0) is 9.53 Å². The van der Waals surface area contributed by atoms with Gasteiger partial charge in [0.2, 0.25) is 0 Å². The Kier molecular flexibility index (Phi) is 4.96. The highest BCUT2D eigenvalue weighted by Gasteiger charge is 2.32. The van der Waals surface area contributed by atoms with E-state index >= 15 is 0 Å². The molecule has 1 saturated carbocycles. The summed E-state index contributed by atoms with van der Waals surface area (Å²) in [5.74, 6) is -0.360. The van der Waals surface area contributed by atoms with E-state index in [1.165, 1.54) is 0 Å². The first kappa shape index (κ1) is 13.2. The second kappa shape index (κ2) is 6.01. The molecule has 1 fully saturated rings. The van der Waals surface area contributed by atoms with Gasteiger partial charge < -0.3 is 15.2 Å². The van der Waals surface area contributed by atoms with E-state index in [1.54, 1.807) is 6.92 Å². The third kappa shape index (κ3) is 3.32. The van der Waals surface area contributed by atoms with Crippen molar-refractivity contribution in [2.75, 3.05) is 19.8 Å². The van der Waals surface area contributed by atoms with Crippen molar-refractivity contribution in [3.63, 3.8) is 0 Å². The summed E-state index contributed by atoms with van der Waals surface area (Å²) in [5, 5.41) is 12.6. The lowest BCUT2D eigenvalue weighted by Gasteiger charge is -2.28. The van der Waals surface area contributed by atoms with Crippen molar-refractivity contribution in [2.24, 2.45) is 0 Å². The van der Waals surface area contributed by atoms with Gasteiger partial charge in [0.05, 0.1) is 13.2 Å². The molecular formula is C12H21NO3. The molecule has 4 heteroatoms. The molecular weight excluding hydrogens is 206 g/mol. The summed E-state index contributed by atoms with van der Waals surface area (Å²) >= 11 is 0. The zero-order chi connectivity index (χ0) is 12.0. The molecule has 0 saturated heterocycles. The van der Waals surface area contributed by atoms with Gasteiger partial charge in [-0.25, -0.2) is 4.79 Å². The van der Waals surface area contributed by atoms with Crippen LogP contribution in [0.1, 0.15) is 32.6 Å². The van der Waals surface area contributed by atoms with E-state index in [9.17, 15) is 9.90 Å². The first-order valence-corrected chi connectivity index (χ1v) is 5.84. The number of aliphatic hydroxyl groups is 1. The molecule has 0 aromatic carbocycles. The SMILES string of the molecule is C=C(CNC1(CO)CCCC1)C(=O)OCC. The van der Waals surface area contributed by atoms with Crippen molar-refractivity contribution < 1.29 is 14.6 Å². The van der Waals surface area contributed by atoms with Crippen molar-refractivity contribution in [1.29, 1.82) is 0 Å². The smallest absolute Gasteiger partial charge is 0.334 e. The van der Waals surface area contributed by atoms with Crippen LogP contribution < -0.4 is 5.32 Å². The molecule has 4 nitrogen and oxygen atoms in total. The predicted octanol–water partition coefficient (Wildman–Crippen LogP) is 1.00. The molecule has 0 radical (unpaired) electrons. The molecule has 0 aromatic heterocycles. The Morgan fingerprint density at radius 1 is 1.50 bits per heavy atom. The Morgan fingerprint density at radius 3 is 2.62 bits per heavy atom. The topological polar surface area (TPSA) is 58.6 Å². The molecule has 0 spiro atoms. The van der Waals surface area contributed by atoms with Crippen molar-refractivity contribution in [1.82, 2.24) is 5.32 Å². The molecule has 0 aromatic rings. The highest BCUT2D eigenvalue weighted by atomic mass is 16.5. The molecule has 0 atom stereocenters. The molecule has 0 unspecified atom stereocenters. The summed E-state index contributed by atoms with van der Waals surface area (Å²) in [5.41, 5.74) is 0.205. The highest BCUT2D eigenvalue weighted by Crippen LogP contribution is 2.29. The fourth-order valence-corrected chi connectivity index (χ4v) is 2.04. The van der Waals surface area contributed by atoms with E-state index in [2.05, 4.69) is 11.9 Å². The van der Waals surface area contributed by atoms with Gasteiger partial charge in [0.1, 0.15) is 0 Å². The van der Waals surface area contributed by atoms with Crippen LogP contribution in [0.25, 0.3) is 0 Å². The molecule has 92 valence electrons. The van der Waals surface area contributed by atoms with Gasteiger partial charge in [0.25, 0.3) is 0 Å². The zero-order valence-electron chi connectivity index (χ0n) is 9.92. The monoisotopic (exact) mass is 227 g/mol. The second-order valence-electron chi connectivity index (χ2n) is 4.32. The fraction of sp³-hybridized carbons (Fsp3) is 0.750. The maximum absolute atomic E-state index is 11.3. The van der Waals surface area contributed by atoms with Gasteiger partial charge in [-0.3, -0.25) is 0 Å². The average Bonchev–Trinajstić information content (AvgIpc) is 2.75. The van der Waals surface area contributed by atoms with Crippen LogP contribution >= 0.6 is 0 Å². The van der Waals surface area contributed by atoms with Crippen LogP contribution in [0.2, 0.25) is 0 Å². The molecule has 0 bridgehead atoms. The normalized spacial score (nSPS) is 18.4. The summed E-state index contributed by atoms with van der Waals surface area (Å²) in [6, 6.07) is 0. The van der Waals surface area contributed by atoms with Gasteiger partial charge in [-0.1, -0.05) is 19.4 Å². The van der Waals surface area contributed by atoms with Crippen LogP contribution in [0.3, 0.4) is 0 Å². The van der Waals surface area contributed by atoms with Crippen molar-refractivity contribution in [2.45, 2.75) is 38.1 Å². The van der Waals surface area contributed by atoms with Gasteiger partial charge in [-0.05, 0) is 19.8 Å². The maximum atomic E-state index is 11.3. The lowest BCUT2D eigenvalue weighted by Crippen LogP contribution is -2.47. The molecule has 0 aliphatic heterocycles. The van der Waals surface area contributed by atoms with Crippen LogP contribution in [0.5, 0.6) is 0 Å². The number of aliphatic hydroxyl groups excluding tert-OH is 1. The maximum Gasteiger partial charge on any atom is 0.334 e. The minimum absolute atomic E-state index is 0.114. The number of carbonyl (C=O) groups excluding carboxylic acids is 1. The molecule has 0 heterocycles. The van der Waals surface area contributed by atoms with Crippen LogP contribution in [0, 0.1) is 0 Å². The zero-order valence-corrected chi connectivity index (χ0v) is 9.92.